The van der Waals surface area contributed by atoms with E-state index in [1.54, 1.807) is 7.11 Å². The van der Waals surface area contributed by atoms with E-state index >= 15 is 0 Å². The molecule has 9 heteroatoms. The van der Waals surface area contributed by atoms with Gasteiger partial charge in [0.25, 0.3) is 0 Å². The highest BCUT2D eigenvalue weighted by molar-refractivity contribution is 5.75. The van der Waals surface area contributed by atoms with Crippen LogP contribution in [0.5, 0.6) is 5.75 Å². The van der Waals surface area contributed by atoms with Crippen LogP contribution in [0.3, 0.4) is 0 Å². The van der Waals surface area contributed by atoms with Gasteiger partial charge >= 0.3 is 5.97 Å². The average Bonchev–Trinajstić information content (AvgIpc) is 3.75. The largest absolute Gasteiger partial charge is 0.497 e. The van der Waals surface area contributed by atoms with E-state index in [0.717, 1.165) is 39.1 Å². The molecule has 5 rings (SSSR count). The number of nitrogens with zero attached hydrogens (tertiary/aromatic N) is 3. The van der Waals surface area contributed by atoms with Crippen molar-refractivity contribution in [3.05, 3.63) is 86.8 Å². The number of esters is 1. The van der Waals surface area contributed by atoms with Crippen LogP contribution in [0.2, 0.25) is 0 Å². The predicted molar refractivity (Wildman–Crippen MR) is 158 cm³/mol. The molecule has 0 radical (unpaired) electrons. The minimum Gasteiger partial charge on any atom is -0.497 e. The third kappa shape index (κ3) is 6.27. The van der Waals surface area contributed by atoms with Crippen molar-refractivity contribution in [1.82, 2.24) is 14.4 Å². The Balaban J connectivity index is 1.41. The number of aromatic nitrogens is 1. The topological polar surface area (TPSA) is 64.0 Å². The Kier molecular flexibility index (Phi) is 9.08. The average molecular weight is 580 g/mol. The fourth-order valence-electron chi connectivity index (χ4n) is 6.08. The Morgan fingerprint density at radius 3 is 2.26 bits per heavy atom. The molecule has 2 atom stereocenters. The Morgan fingerprint density at radius 2 is 1.60 bits per heavy atom. The molecule has 1 aromatic heterocycles. The van der Waals surface area contributed by atoms with Crippen molar-refractivity contribution in [1.29, 1.82) is 0 Å². The molecule has 2 unspecified atom stereocenters. The molecule has 1 saturated carbocycles. The van der Waals surface area contributed by atoms with Crippen molar-refractivity contribution in [2.45, 2.75) is 40.3 Å². The Hall–Kier alpha value is -3.56. The monoisotopic (exact) mass is 579 g/mol. The Bertz CT molecular complexity index is 1490. The van der Waals surface area contributed by atoms with Gasteiger partial charge < -0.3 is 18.9 Å². The van der Waals surface area contributed by atoms with Gasteiger partial charge in [-0.1, -0.05) is 18.2 Å². The first-order chi connectivity index (χ1) is 20.2. The summed E-state index contributed by atoms with van der Waals surface area (Å²) in [5.41, 5.74) is 3.04. The van der Waals surface area contributed by atoms with Crippen molar-refractivity contribution in [2.24, 2.45) is 11.8 Å². The van der Waals surface area contributed by atoms with Crippen molar-refractivity contribution in [2.75, 3.05) is 46.4 Å². The summed E-state index contributed by atoms with van der Waals surface area (Å²) in [6, 6.07) is 11.2. The number of piperazine rings is 1. The molecule has 7 nitrogen and oxygen atoms in total. The highest BCUT2D eigenvalue weighted by Crippen LogP contribution is 2.40. The second kappa shape index (κ2) is 12.8. The summed E-state index contributed by atoms with van der Waals surface area (Å²) >= 11 is 0. The van der Waals surface area contributed by atoms with Crippen molar-refractivity contribution < 1.29 is 23.0 Å². The first-order valence-corrected chi connectivity index (χ1v) is 14.6. The zero-order valence-corrected chi connectivity index (χ0v) is 24.8. The Morgan fingerprint density at radius 1 is 0.929 bits per heavy atom. The van der Waals surface area contributed by atoms with Gasteiger partial charge in [0.05, 0.1) is 26.2 Å². The standard InChI is InChI=1S/C33H39F2N3O4/c1-5-42-33(40)26-17-24(26)18-36-12-14-37(15-13-36)19-27-21(2)38(20-28-29(34)10-7-11-30(28)35)22(3)31(32(27)39)23-8-6-9-25(16-23)41-4/h6-11,16,24,26H,5,12-15,17-20H2,1-4H3. The van der Waals surface area contributed by atoms with E-state index in [1.165, 1.54) is 18.2 Å². The molecule has 3 aromatic rings. The van der Waals surface area contributed by atoms with E-state index in [4.69, 9.17) is 9.47 Å². The lowest BCUT2D eigenvalue weighted by atomic mass is 9.98. The molecule has 2 heterocycles. The first-order valence-electron chi connectivity index (χ1n) is 14.6. The van der Waals surface area contributed by atoms with Gasteiger partial charge in [-0.25, -0.2) is 8.78 Å². The number of carbonyl (C=O) groups is 1. The van der Waals surface area contributed by atoms with Gasteiger partial charge in [0.15, 0.2) is 5.43 Å². The van der Waals surface area contributed by atoms with Crippen LogP contribution in [-0.4, -0.2) is 66.8 Å². The fourth-order valence-corrected chi connectivity index (χ4v) is 6.08. The summed E-state index contributed by atoms with van der Waals surface area (Å²) in [5, 5.41) is 0. The molecule has 224 valence electrons. The van der Waals surface area contributed by atoms with Crippen molar-refractivity contribution in [3.63, 3.8) is 0 Å². The zero-order chi connectivity index (χ0) is 30.0. The van der Waals surface area contributed by atoms with Gasteiger partial charge in [-0.2, -0.15) is 0 Å². The molecule has 42 heavy (non-hydrogen) atoms. The summed E-state index contributed by atoms with van der Waals surface area (Å²) in [5.74, 6) is -0.327. The van der Waals surface area contributed by atoms with Gasteiger partial charge in [0.2, 0.25) is 0 Å². The molecule has 0 bridgehead atoms. The zero-order valence-electron chi connectivity index (χ0n) is 24.8. The number of benzene rings is 2. The first kappa shape index (κ1) is 29.9. The van der Waals surface area contributed by atoms with Gasteiger partial charge in [-0.15, -0.1) is 0 Å². The molecule has 1 aliphatic carbocycles. The second-order valence-electron chi connectivity index (χ2n) is 11.3. The van der Waals surface area contributed by atoms with Crippen LogP contribution in [0, 0.1) is 37.3 Å². The number of carbonyl (C=O) groups excluding carboxylic acids is 1. The van der Waals surface area contributed by atoms with Crippen LogP contribution in [0.4, 0.5) is 8.78 Å². The van der Waals surface area contributed by atoms with Crippen molar-refractivity contribution in [3.8, 4) is 16.9 Å². The smallest absolute Gasteiger partial charge is 0.309 e. The summed E-state index contributed by atoms with van der Waals surface area (Å²) in [7, 11) is 1.58. The number of methoxy groups -OCH3 is 1. The van der Waals surface area contributed by atoms with Crippen molar-refractivity contribution >= 4 is 5.97 Å². The lowest BCUT2D eigenvalue weighted by Crippen LogP contribution is -2.47. The lowest BCUT2D eigenvalue weighted by molar-refractivity contribution is -0.145. The summed E-state index contributed by atoms with van der Waals surface area (Å²) < 4.78 is 41.9. The highest BCUT2D eigenvalue weighted by Gasteiger charge is 2.45. The summed E-state index contributed by atoms with van der Waals surface area (Å²) in [6.07, 6.45) is 0.886. The van der Waals surface area contributed by atoms with Crippen LogP contribution in [0.25, 0.3) is 11.1 Å². The van der Waals surface area contributed by atoms with Crippen LogP contribution < -0.4 is 10.2 Å². The number of pyridine rings is 1. The van der Waals surface area contributed by atoms with E-state index in [1.807, 2.05) is 49.6 Å². The third-order valence-corrected chi connectivity index (χ3v) is 8.70. The van der Waals surface area contributed by atoms with Gasteiger partial charge in [0, 0.05) is 67.3 Å². The number of halogens is 2. The number of hydrogen-bond acceptors (Lipinski definition) is 6. The number of hydrogen-bond donors (Lipinski definition) is 0. The molecule has 1 saturated heterocycles. The maximum Gasteiger partial charge on any atom is 0.309 e. The lowest BCUT2D eigenvalue weighted by Gasteiger charge is -2.35. The van der Waals surface area contributed by atoms with E-state index in [9.17, 15) is 18.4 Å². The van der Waals surface area contributed by atoms with Gasteiger partial charge in [-0.3, -0.25) is 14.5 Å². The number of ether oxygens (including phenoxy) is 2. The quantitative estimate of drug-likeness (QED) is 0.322. The van der Waals surface area contributed by atoms with Gasteiger partial charge in [0.1, 0.15) is 17.4 Å². The molecular weight excluding hydrogens is 540 g/mol. The number of rotatable bonds is 10. The minimum atomic E-state index is -0.617. The molecule has 0 spiro atoms. The predicted octanol–water partition coefficient (Wildman–Crippen LogP) is 4.78. The van der Waals surface area contributed by atoms with E-state index in [0.29, 0.717) is 52.9 Å². The SMILES string of the molecule is CCOC(=O)C1CC1CN1CCN(Cc2c(C)n(Cc3c(F)cccc3F)c(C)c(-c3cccc(OC)c3)c2=O)CC1. The molecule has 0 N–H and O–H groups in total. The molecule has 2 aliphatic rings. The Labute approximate surface area is 245 Å². The van der Waals surface area contributed by atoms with Crippen LogP contribution in [0.15, 0.2) is 47.3 Å². The molecule has 2 aromatic carbocycles. The van der Waals surface area contributed by atoms with E-state index in [-0.39, 0.29) is 29.4 Å². The maximum atomic E-state index is 14.7. The molecular formula is C33H39F2N3O4. The van der Waals surface area contributed by atoms with E-state index < -0.39 is 11.6 Å². The molecule has 1 aliphatic heterocycles. The normalized spacial score (nSPS) is 19.1. The fraction of sp³-hybridized carbons (Fsp3) is 0.455. The van der Waals surface area contributed by atoms with Crippen LogP contribution in [-0.2, 0) is 22.6 Å². The molecule has 0 amide bonds. The maximum absolute atomic E-state index is 14.7. The highest BCUT2D eigenvalue weighted by atomic mass is 19.1. The molecule has 2 fully saturated rings. The minimum absolute atomic E-state index is 0.0194. The van der Waals surface area contributed by atoms with E-state index in [2.05, 4.69) is 9.80 Å². The summed E-state index contributed by atoms with van der Waals surface area (Å²) in [6.45, 7) is 10.4. The van der Waals surface area contributed by atoms with Gasteiger partial charge in [-0.05, 0) is 62.9 Å². The van der Waals surface area contributed by atoms with Crippen LogP contribution >= 0.6 is 0 Å². The summed E-state index contributed by atoms with van der Waals surface area (Å²) in [4.78, 5) is 30.8. The second-order valence-corrected chi connectivity index (χ2v) is 11.3. The third-order valence-electron chi connectivity index (χ3n) is 8.70. The van der Waals surface area contributed by atoms with Crippen LogP contribution in [0.1, 0.15) is 35.9 Å².